The Balaban J connectivity index is 1.16. The number of nitrogens with zero attached hydrogens (tertiary/aromatic N) is 2. The molecule has 1 unspecified atom stereocenters. The molecule has 0 aliphatic carbocycles. The summed E-state index contributed by atoms with van der Waals surface area (Å²) in [6.45, 7) is 1.91. The number of aromatic nitrogens is 1. The molecular formula is C42H37FN4O5. The maximum absolute atomic E-state index is 13.7. The number of aliphatic hydroxyl groups is 1. The third-order valence-electron chi connectivity index (χ3n) is 8.49. The highest BCUT2D eigenvalue weighted by Gasteiger charge is 2.26. The Kier molecular flexibility index (Phi) is 11.0. The number of halogens is 1. The Hall–Kier alpha value is -6.39. The summed E-state index contributed by atoms with van der Waals surface area (Å²) in [5.41, 5.74) is 4.27. The number of pyridine rings is 1. The van der Waals surface area contributed by atoms with Crippen LogP contribution < -0.4 is 15.4 Å². The van der Waals surface area contributed by atoms with E-state index in [1.807, 2.05) is 30.3 Å². The average Bonchev–Trinajstić information content (AvgIpc) is 3.17. The van der Waals surface area contributed by atoms with E-state index in [2.05, 4.69) is 15.6 Å². The van der Waals surface area contributed by atoms with E-state index in [1.54, 1.807) is 105 Å². The van der Waals surface area contributed by atoms with Crippen molar-refractivity contribution in [2.45, 2.75) is 25.6 Å². The fourth-order valence-electron chi connectivity index (χ4n) is 5.75. The minimum Gasteiger partial charge on any atom is -0.488 e. The number of hydrogen-bond donors (Lipinski definition) is 3. The largest absolute Gasteiger partial charge is 0.488 e. The normalized spacial score (nSPS) is 12.1. The Morgan fingerprint density at radius 1 is 0.827 bits per heavy atom. The summed E-state index contributed by atoms with van der Waals surface area (Å²) in [7, 11) is 1.64. The van der Waals surface area contributed by atoms with E-state index in [0.29, 0.717) is 39.2 Å². The summed E-state index contributed by atoms with van der Waals surface area (Å²) in [5.74, 6) is -0.523. The molecule has 3 N–H and O–H groups in total. The molecule has 6 aromatic rings. The molecule has 0 bridgehead atoms. The number of ether oxygens (including phenoxy) is 1. The van der Waals surface area contributed by atoms with Gasteiger partial charge in [-0.3, -0.25) is 14.4 Å². The second-order valence-electron chi connectivity index (χ2n) is 12.4. The minimum atomic E-state index is -0.963. The van der Waals surface area contributed by atoms with Gasteiger partial charge in [0.15, 0.2) is 0 Å². The van der Waals surface area contributed by atoms with Gasteiger partial charge in [0, 0.05) is 30.1 Å². The van der Waals surface area contributed by atoms with Gasteiger partial charge in [-0.2, -0.15) is 0 Å². The molecule has 0 saturated heterocycles. The topological polar surface area (TPSA) is 121 Å². The van der Waals surface area contributed by atoms with Crippen molar-refractivity contribution in [3.05, 3.63) is 162 Å². The third kappa shape index (κ3) is 8.48. The van der Waals surface area contributed by atoms with Gasteiger partial charge in [0.05, 0.1) is 12.1 Å². The van der Waals surface area contributed by atoms with Crippen LogP contribution in [0.3, 0.4) is 0 Å². The van der Waals surface area contributed by atoms with Crippen LogP contribution in [0.5, 0.6) is 5.75 Å². The number of rotatable bonds is 12. The number of aliphatic hydroxyl groups excluding tert-OH is 1. The number of fused-ring (bicyclic) bond motifs is 1. The van der Waals surface area contributed by atoms with Crippen molar-refractivity contribution < 1.29 is 28.6 Å². The highest BCUT2D eigenvalue weighted by molar-refractivity contribution is 6.09. The van der Waals surface area contributed by atoms with Crippen LogP contribution in [0.1, 0.15) is 44.8 Å². The number of anilines is 1. The van der Waals surface area contributed by atoms with Crippen LogP contribution >= 0.6 is 0 Å². The second-order valence-corrected chi connectivity index (χ2v) is 12.4. The molecule has 10 heteroatoms. The van der Waals surface area contributed by atoms with Gasteiger partial charge >= 0.3 is 0 Å². The van der Waals surface area contributed by atoms with E-state index in [4.69, 9.17) is 4.74 Å². The Labute approximate surface area is 300 Å². The van der Waals surface area contributed by atoms with Crippen LogP contribution in [0, 0.1) is 5.82 Å². The van der Waals surface area contributed by atoms with Crippen LogP contribution in [0.2, 0.25) is 0 Å². The first kappa shape index (κ1) is 35.4. The average molecular weight is 697 g/mol. The van der Waals surface area contributed by atoms with Crippen LogP contribution in [0.4, 0.5) is 10.2 Å². The van der Waals surface area contributed by atoms with Crippen LogP contribution in [0.25, 0.3) is 22.0 Å². The first-order chi connectivity index (χ1) is 25.2. The fraction of sp³-hybridized carbons (Fsp3) is 0.143. The van der Waals surface area contributed by atoms with Gasteiger partial charge in [-0.1, -0.05) is 72.8 Å². The zero-order valence-electron chi connectivity index (χ0n) is 28.6. The van der Waals surface area contributed by atoms with E-state index in [-0.39, 0.29) is 36.9 Å². The van der Waals surface area contributed by atoms with Crippen molar-refractivity contribution in [1.29, 1.82) is 0 Å². The van der Waals surface area contributed by atoms with Gasteiger partial charge in [0.2, 0.25) is 5.91 Å². The SMILES string of the molecule is CC(CO)Oc1ccc(-c2ccccc2C(=O)Nc2ccc3cc(C(=O)N[C@H](C(=O)N(C)Cc4ccc(F)cc4)c4ccccc4)ccc3n2)cc1. The molecule has 6 rings (SSSR count). The molecule has 0 spiro atoms. The van der Waals surface area contributed by atoms with Gasteiger partial charge < -0.3 is 25.4 Å². The smallest absolute Gasteiger partial charge is 0.257 e. The van der Waals surface area contributed by atoms with E-state index < -0.39 is 11.9 Å². The third-order valence-corrected chi connectivity index (χ3v) is 8.49. The van der Waals surface area contributed by atoms with Crippen molar-refractivity contribution in [3.8, 4) is 16.9 Å². The van der Waals surface area contributed by atoms with E-state index in [9.17, 15) is 23.9 Å². The predicted octanol–water partition coefficient (Wildman–Crippen LogP) is 7.18. The van der Waals surface area contributed by atoms with Crippen LogP contribution in [0.15, 0.2) is 133 Å². The Morgan fingerprint density at radius 2 is 1.54 bits per heavy atom. The summed E-state index contributed by atoms with van der Waals surface area (Å²) in [6.07, 6.45) is -0.335. The summed E-state index contributed by atoms with van der Waals surface area (Å²) in [4.78, 5) is 46.8. The Bertz CT molecular complexity index is 2190. The van der Waals surface area contributed by atoms with Gasteiger partial charge in [-0.05, 0) is 89.8 Å². The molecular weight excluding hydrogens is 659 g/mol. The molecule has 0 fully saturated rings. The van der Waals surface area contributed by atoms with E-state index >= 15 is 0 Å². The number of amides is 3. The minimum absolute atomic E-state index is 0.0958. The highest BCUT2D eigenvalue weighted by atomic mass is 19.1. The highest BCUT2D eigenvalue weighted by Crippen LogP contribution is 2.27. The van der Waals surface area contributed by atoms with Crippen molar-refractivity contribution in [2.24, 2.45) is 0 Å². The Morgan fingerprint density at radius 3 is 2.27 bits per heavy atom. The maximum atomic E-state index is 13.7. The molecule has 1 heterocycles. The number of likely N-dealkylation sites (N-methyl/N-ethyl adjacent to an activating group) is 1. The summed E-state index contributed by atoms with van der Waals surface area (Å²) < 4.78 is 19.1. The monoisotopic (exact) mass is 696 g/mol. The van der Waals surface area contributed by atoms with Gasteiger partial charge in [-0.25, -0.2) is 9.37 Å². The van der Waals surface area contributed by atoms with Crippen molar-refractivity contribution in [1.82, 2.24) is 15.2 Å². The van der Waals surface area contributed by atoms with Gasteiger partial charge in [0.1, 0.15) is 29.5 Å². The molecule has 52 heavy (non-hydrogen) atoms. The van der Waals surface area contributed by atoms with E-state index in [1.165, 1.54) is 17.0 Å². The predicted molar refractivity (Wildman–Crippen MR) is 198 cm³/mol. The van der Waals surface area contributed by atoms with Gasteiger partial charge in [-0.15, -0.1) is 0 Å². The van der Waals surface area contributed by atoms with Crippen molar-refractivity contribution in [2.75, 3.05) is 19.0 Å². The number of carbonyl (C=O) groups excluding carboxylic acids is 3. The van der Waals surface area contributed by atoms with E-state index in [0.717, 1.165) is 16.7 Å². The molecule has 0 aliphatic rings. The lowest BCUT2D eigenvalue weighted by Gasteiger charge is -2.25. The molecule has 2 atom stereocenters. The first-order valence-electron chi connectivity index (χ1n) is 16.7. The molecule has 0 radical (unpaired) electrons. The number of benzene rings is 5. The summed E-state index contributed by atoms with van der Waals surface area (Å²) in [5, 5.41) is 15.7. The zero-order chi connectivity index (χ0) is 36.6. The molecule has 262 valence electrons. The zero-order valence-corrected chi connectivity index (χ0v) is 28.6. The lowest BCUT2D eigenvalue weighted by Crippen LogP contribution is -2.41. The summed E-state index contributed by atoms with van der Waals surface area (Å²) in [6, 6.07) is 36.9. The summed E-state index contributed by atoms with van der Waals surface area (Å²) >= 11 is 0. The lowest BCUT2D eigenvalue weighted by molar-refractivity contribution is -0.132. The lowest BCUT2D eigenvalue weighted by atomic mass is 9.99. The van der Waals surface area contributed by atoms with Gasteiger partial charge in [0.25, 0.3) is 11.8 Å². The molecule has 5 aromatic carbocycles. The van der Waals surface area contributed by atoms with Crippen molar-refractivity contribution >= 4 is 34.4 Å². The standard InChI is InChI=1S/C42H37FN4O5/c1-27(26-48)52-34-20-14-29(15-21-34)35-10-6-7-11-36(35)41(50)45-38-23-17-31-24-32(16-22-37(31)44-38)40(49)46-39(30-8-4-3-5-9-30)42(51)47(2)25-28-12-18-33(43)19-13-28/h3-24,27,39,48H,25-26H2,1-2H3,(H,46,49)(H,44,45,50)/t27?,39-/m0/s1. The van der Waals surface area contributed by atoms with Crippen LogP contribution in [-0.4, -0.2) is 52.5 Å². The molecule has 3 amide bonds. The van der Waals surface area contributed by atoms with Crippen molar-refractivity contribution in [3.63, 3.8) is 0 Å². The molecule has 0 saturated carbocycles. The fourth-order valence-corrected chi connectivity index (χ4v) is 5.75. The molecule has 9 nitrogen and oxygen atoms in total. The molecule has 1 aromatic heterocycles. The number of hydrogen-bond acceptors (Lipinski definition) is 6. The van der Waals surface area contributed by atoms with Crippen LogP contribution in [-0.2, 0) is 11.3 Å². The maximum Gasteiger partial charge on any atom is 0.257 e. The quantitative estimate of drug-likeness (QED) is 0.125. The number of carbonyl (C=O) groups is 3. The second kappa shape index (κ2) is 16.1. The molecule has 0 aliphatic heterocycles. The number of nitrogens with one attached hydrogen (secondary N) is 2. The first-order valence-corrected chi connectivity index (χ1v) is 16.7.